The van der Waals surface area contributed by atoms with Crippen LogP contribution in [0.15, 0.2) is 47.8 Å². The van der Waals surface area contributed by atoms with Gasteiger partial charge in [0.05, 0.1) is 21.1 Å². The van der Waals surface area contributed by atoms with Gasteiger partial charge in [-0.25, -0.2) is 9.97 Å². The zero-order chi connectivity index (χ0) is 20.5. The van der Waals surface area contributed by atoms with Gasteiger partial charge in [-0.15, -0.1) is 11.3 Å². The number of hydrogen-bond acceptors (Lipinski definition) is 5. The fraction of sp³-hybridized carbons (Fsp3) is 0.100. The summed E-state index contributed by atoms with van der Waals surface area (Å²) < 4.78 is 1.78. The van der Waals surface area contributed by atoms with E-state index in [0.717, 1.165) is 11.0 Å². The highest BCUT2D eigenvalue weighted by molar-refractivity contribution is 7.14. The topological polar surface area (TPSA) is 76.9 Å². The fourth-order valence-corrected chi connectivity index (χ4v) is 4.06. The van der Waals surface area contributed by atoms with Crippen LogP contribution in [0.1, 0.15) is 17.4 Å². The van der Waals surface area contributed by atoms with Crippen molar-refractivity contribution in [2.24, 2.45) is 0 Å². The lowest BCUT2D eigenvalue weighted by atomic mass is 10.2. The molecule has 0 aliphatic heterocycles. The number of benzene rings is 2. The number of imidazole rings is 1. The highest BCUT2D eigenvalue weighted by atomic mass is 35.5. The molecule has 0 fully saturated rings. The normalized spacial score (nSPS) is 11.0. The summed E-state index contributed by atoms with van der Waals surface area (Å²) in [5.74, 6) is 0.0923. The largest absolute Gasteiger partial charge is 0.314 e. The number of carbonyl (C=O) groups is 2. The minimum atomic E-state index is -0.294. The van der Waals surface area contributed by atoms with Crippen LogP contribution in [0.4, 0.5) is 5.13 Å². The number of amides is 1. The third kappa shape index (κ3) is 3.89. The number of nitrogens with one attached hydrogen (secondary N) is 1. The standard InChI is InChI=1S/C20H14Cl2N4O2S/c1-11(27)15-10-29-20(24-15)25-17(28)9-26-16-8-3-2-7-14(16)23-19(26)12-5-4-6-13(21)18(12)22/h2-8,10H,9H2,1H3,(H,24,25,28). The number of para-hydroxylation sites is 2. The Hall–Kier alpha value is -2.74. The molecule has 29 heavy (non-hydrogen) atoms. The van der Waals surface area contributed by atoms with Crippen molar-refractivity contribution >= 4 is 62.4 Å². The molecule has 4 rings (SSSR count). The van der Waals surface area contributed by atoms with Gasteiger partial charge in [-0.1, -0.05) is 41.4 Å². The monoisotopic (exact) mass is 444 g/mol. The maximum atomic E-state index is 12.7. The minimum Gasteiger partial charge on any atom is -0.314 e. The molecule has 0 bridgehead atoms. The number of Topliss-reactive ketones (excluding diaryl/α,β-unsaturated/α-hetero) is 1. The Balaban J connectivity index is 1.71. The summed E-state index contributed by atoms with van der Waals surface area (Å²) in [5, 5.41) is 5.50. The van der Waals surface area contributed by atoms with Crippen molar-refractivity contribution in [3.63, 3.8) is 0 Å². The van der Waals surface area contributed by atoms with E-state index in [1.165, 1.54) is 18.3 Å². The molecule has 9 heteroatoms. The molecule has 0 spiro atoms. The second-order valence-electron chi connectivity index (χ2n) is 6.25. The lowest BCUT2D eigenvalue weighted by Crippen LogP contribution is -2.19. The quantitative estimate of drug-likeness (QED) is 0.423. The molecule has 2 heterocycles. The van der Waals surface area contributed by atoms with Crippen LogP contribution in [0.3, 0.4) is 0 Å². The Bertz CT molecular complexity index is 1250. The Morgan fingerprint density at radius 1 is 1.10 bits per heavy atom. The van der Waals surface area contributed by atoms with Gasteiger partial charge in [-0.2, -0.15) is 0 Å². The van der Waals surface area contributed by atoms with Gasteiger partial charge in [0.25, 0.3) is 0 Å². The Kier molecular flexibility index (Phi) is 5.36. The van der Waals surface area contributed by atoms with E-state index in [1.54, 1.807) is 22.1 Å². The van der Waals surface area contributed by atoms with Crippen LogP contribution in [0.5, 0.6) is 0 Å². The van der Waals surface area contributed by atoms with Crippen molar-refractivity contribution in [1.29, 1.82) is 0 Å². The maximum absolute atomic E-state index is 12.7. The third-order valence-corrected chi connectivity index (χ3v) is 5.84. The van der Waals surface area contributed by atoms with E-state index in [2.05, 4.69) is 15.3 Å². The molecule has 0 radical (unpaired) electrons. The maximum Gasteiger partial charge on any atom is 0.246 e. The average molecular weight is 445 g/mol. The first-order chi connectivity index (χ1) is 13.9. The zero-order valence-corrected chi connectivity index (χ0v) is 17.5. The number of ketones is 1. The summed E-state index contributed by atoms with van der Waals surface area (Å²) in [4.78, 5) is 32.9. The number of rotatable bonds is 5. The van der Waals surface area contributed by atoms with E-state index in [9.17, 15) is 9.59 Å². The zero-order valence-electron chi connectivity index (χ0n) is 15.1. The van der Waals surface area contributed by atoms with E-state index in [0.29, 0.717) is 32.3 Å². The summed E-state index contributed by atoms with van der Waals surface area (Å²) >= 11 is 13.8. The number of halogens is 2. The van der Waals surface area contributed by atoms with E-state index in [4.69, 9.17) is 23.2 Å². The molecule has 1 amide bonds. The number of nitrogens with zero attached hydrogens (tertiary/aromatic N) is 3. The van der Waals surface area contributed by atoms with Crippen LogP contribution < -0.4 is 5.32 Å². The molecule has 6 nitrogen and oxygen atoms in total. The number of hydrogen-bond donors (Lipinski definition) is 1. The van der Waals surface area contributed by atoms with Gasteiger partial charge in [0.1, 0.15) is 18.1 Å². The Labute approximate surface area is 180 Å². The van der Waals surface area contributed by atoms with Gasteiger partial charge in [-0.05, 0) is 24.3 Å². The summed E-state index contributed by atoms with van der Waals surface area (Å²) in [6, 6.07) is 12.8. The van der Waals surface area contributed by atoms with Gasteiger partial charge < -0.3 is 9.88 Å². The summed E-state index contributed by atoms with van der Waals surface area (Å²) in [5.41, 5.74) is 2.48. The second-order valence-corrected chi connectivity index (χ2v) is 7.90. The minimum absolute atomic E-state index is 0.00628. The predicted molar refractivity (Wildman–Crippen MR) is 116 cm³/mol. The molecule has 4 aromatic rings. The number of anilines is 1. The van der Waals surface area contributed by atoms with Gasteiger partial charge in [-0.3, -0.25) is 9.59 Å². The second kappa shape index (κ2) is 7.94. The number of thiazole rings is 1. The first-order valence-corrected chi connectivity index (χ1v) is 10.2. The van der Waals surface area contributed by atoms with Crippen LogP contribution in [0, 0.1) is 0 Å². The van der Waals surface area contributed by atoms with E-state index in [1.807, 2.05) is 30.3 Å². The predicted octanol–water partition coefficient (Wildman–Crippen LogP) is 5.31. The highest BCUT2D eigenvalue weighted by Gasteiger charge is 2.19. The molecule has 1 N–H and O–H groups in total. The number of fused-ring (bicyclic) bond motifs is 1. The lowest BCUT2D eigenvalue weighted by Gasteiger charge is -2.10. The molecule has 0 unspecified atom stereocenters. The van der Waals surface area contributed by atoms with Crippen LogP contribution in [0.2, 0.25) is 10.0 Å². The molecule has 0 atom stereocenters. The van der Waals surface area contributed by atoms with Gasteiger partial charge in [0.2, 0.25) is 5.91 Å². The first kappa shape index (κ1) is 19.6. The highest BCUT2D eigenvalue weighted by Crippen LogP contribution is 2.34. The molecule has 2 aromatic heterocycles. The van der Waals surface area contributed by atoms with Crippen LogP contribution in [-0.2, 0) is 11.3 Å². The number of aromatic nitrogens is 3. The van der Waals surface area contributed by atoms with Gasteiger partial charge >= 0.3 is 0 Å². The van der Waals surface area contributed by atoms with Crippen LogP contribution in [-0.4, -0.2) is 26.2 Å². The molecule has 0 saturated heterocycles. The van der Waals surface area contributed by atoms with Crippen LogP contribution in [0.25, 0.3) is 22.4 Å². The molecule has 0 saturated carbocycles. The van der Waals surface area contributed by atoms with Gasteiger partial charge in [0, 0.05) is 17.9 Å². The van der Waals surface area contributed by atoms with Gasteiger partial charge in [0.15, 0.2) is 10.9 Å². The summed E-state index contributed by atoms with van der Waals surface area (Å²) in [7, 11) is 0. The SMILES string of the molecule is CC(=O)c1csc(NC(=O)Cn2c(-c3cccc(Cl)c3Cl)nc3ccccc32)n1. The van der Waals surface area contributed by atoms with E-state index < -0.39 is 0 Å². The molecular formula is C20H14Cl2N4O2S. The summed E-state index contributed by atoms with van der Waals surface area (Å²) in [6.07, 6.45) is 0. The molecule has 2 aromatic carbocycles. The smallest absolute Gasteiger partial charge is 0.246 e. The van der Waals surface area contributed by atoms with Crippen molar-refractivity contribution < 1.29 is 9.59 Å². The lowest BCUT2D eigenvalue weighted by molar-refractivity contribution is -0.116. The fourth-order valence-electron chi connectivity index (χ4n) is 2.91. The van der Waals surface area contributed by atoms with E-state index >= 15 is 0 Å². The average Bonchev–Trinajstić information content (AvgIpc) is 3.29. The van der Waals surface area contributed by atoms with Crippen molar-refractivity contribution in [1.82, 2.24) is 14.5 Å². The first-order valence-electron chi connectivity index (χ1n) is 8.60. The third-order valence-electron chi connectivity index (χ3n) is 4.26. The van der Waals surface area contributed by atoms with E-state index in [-0.39, 0.29) is 18.2 Å². The summed E-state index contributed by atoms with van der Waals surface area (Å²) in [6.45, 7) is 1.42. The molecular weight excluding hydrogens is 431 g/mol. The van der Waals surface area contributed by atoms with Crippen molar-refractivity contribution in [3.8, 4) is 11.4 Å². The number of carbonyl (C=O) groups excluding carboxylic acids is 2. The van der Waals surface area contributed by atoms with Crippen LogP contribution >= 0.6 is 34.5 Å². The molecule has 146 valence electrons. The molecule has 0 aliphatic rings. The molecule has 0 aliphatic carbocycles. The van der Waals surface area contributed by atoms with Crippen molar-refractivity contribution in [2.75, 3.05) is 5.32 Å². The Morgan fingerprint density at radius 2 is 1.90 bits per heavy atom. The van der Waals surface area contributed by atoms with Crippen molar-refractivity contribution in [3.05, 3.63) is 63.6 Å². The van der Waals surface area contributed by atoms with Crippen molar-refractivity contribution in [2.45, 2.75) is 13.5 Å². The Morgan fingerprint density at radius 3 is 2.66 bits per heavy atom.